The van der Waals surface area contributed by atoms with Gasteiger partial charge in [0.1, 0.15) is 0 Å². The highest BCUT2D eigenvalue weighted by molar-refractivity contribution is 8.13. The highest BCUT2D eigenvalue weighted by Gasteiger charge is 2.07. The number of rotatable bonds is 1. The average molecular weight is 201 g/mol. The van der Waals surface area contributed by atoms with E-state index in [-0.39, 0.29) is 0 Å². The summed E-state index contributed by atoms with van der Waals surface area (Å²) in [5, 5.41) is 3.91. The highest BCUT2D eigenvalue weighted by atomic mass is 32.2. The number of thioether (sulfide) groups is 1. The molecule has 0 amide bonds. The van der Waals surface area contributed by atoms with Crippen molar-refractivity contribution in [3.8, 4) is 0 Å². The van der Waals surface area contributed by atoms with Crippen LogP contribution in [0.2, 0.25) is 0 Å². The molecule has 1 rings (SSSR count). The first kappa shape index (κ1) is 9.54. The van der Waals surface area contributed by atoms with E-state index in [9.17, 15) is 0 Å². The van der Waals surface area contributed by atoms with E-state index < -0.39 is 0 Å². The minimum absolute atomic E-state index is 0.977. The molecule has 1 aromatic rings. The Morgan fingerprint density at radius 1 is 1.75 bits per heavy atom. The summed E-state index contributed by atoms with van der Waals surface area (Å²) in [6.07, 6.45) is 3.80. The van der Waals surface area contributed by atoms with Gasteiger partial charge < -0.3 is 4.90 Å². The van der Waals surface area contributed by atoms with E-state index in [0.29, 0.717) is 0 Å². The first-order valence-electron chi connectivity index (χ1n) is 3.43. The van der Waals surface area contributed by atoms with Crippen molar-refractivity contribution in [3.05, 3.63) is 11.6 Å². The van der Waals surface area contributed by atoms with Crippen LogP contribution in [0.4, 0.5) is 5.13 Å². The number of thiazole rings is 1. The van der Waals surface area contributed by atoms with E-state index in [4.69, 9.17) is 0 Å². The summed E-state index contributed by atoms with van der Waals surface area (Å²) in [5.41, 5.74) is 0. The van der Waals surface area contributed by atoms with Gasteiger partial charge in [-0.15, -0.1) is 11.3 Å². The molecule has 12 heavy (non-hydrogen) atoms. The van der Waals surface area contributed by atoms with E-state index >= 15 is 0 Å². The van der Waals surface area contributed by atoms with E-state index in [1.807, 2.05) is 23.6 Å². The zero-order valence-corrected chi connectivity index (χ0v) is 8.95. The van der Waals surface area contributed by atoms with Crippen molar-refractivity contribution in [3.63, 3.8) is 0 Å². The molecule has 0 atom stereocenters. The number of anilines is 1. The monoisotopic (exact) mass is 201 g/mol. The fraction of sp³-hybridized carbons (Fsp3) is 0.429. The van der Waals surface area contributed by atoms with Crippen molar-refractivity contribution in [1.82, 2.24) is 4.98 Å². The maximum Gasteiger partial charge on any atom is 0.191 e. The van der Waals surface area contributed by atoms with Crippen LogP contribution in [0, 0.1) is 0 Å². The van der Waals surface area contributed by atoms with Crippen LogP contribution in [0.25, 0.3) is 0 Å². The fourth-order valence-electron chi connectivity index (χ4n) is 0.842. The lowest BCUT2D eigenvalue weighted by Crippen LogP contribution is -2.22. The SMILES string of the molecule is CN=C(SC)N(C)c1nccs1. The summed E-state index contributed by atoms with van der Waals surface area (Å²) >= 11 is 3.23. The fourth-order valence-corrected chi connectivity index (χ4v) is 2.05. The quantitative estimate of drug-likeness (QED) is 0.513. The van der Waals surface area contributed by atoms with Gasteiger partial charge in [-0.1, -0.05) is 11.8 Å². The van der Waals surface area contributed by atoms with Gasteiger partial charge in [-0.2, -0.15) is 0 Å². The molecule has 5 heteroatoms. The van der Waals surface area contributed by atoms with Gasteiger partial charge in [-0.25, -0.2) is 4.98 Å². The Balaban J connectivity index is 2.77. The average Bonchev–Trinajstić information content (AvgIpc) is 2.58. The predicted octanol–water partition coefficient (Wildman–Crippen LogP) is 1.93. The Kier molecular flexibility index (Phi) is 3.55. The summed E-state index contributed by atoms with van der Waals surface area (Å²) in [4.78, 5) is 10.3. The van der Waals surface area contributed by atoms with Crippen LogP contribution < -0.4 is 4.90 Å². The molecule has 0 aliphatic carbocycles. The van der Waals surface area contributed by atoms with Crippen molar-refractivity contribution in [2.45, 2.75) is 0 Å². The summed E-state index contributed by atoms with van der Waals surface area (Å²) in [7, 11) is 3.76. The van der Waals surface area contributed by atoms with Crippen LogP contribution >= 0.6 is 23.1 Å². The molecule has 0 spiro atoms. The van der Waals surface area contributed by atoms with Crippen LogP contribution in [0.1, 0.15) is 0 Å². The van der Waals surface area contributed by atoms with Gasteiger partial charge in [0.2, 0.25) is 0 Å². The molecule has 66 valence electrons. The molecule has 1 heterocycles. The lowest BCUT2D eigenvalue weighted by Gasteiger charge is -2.15. The van der Waals surface area contributed by atoms with Gasteiger partial charge in [0.05, 0.1) is 0 Å². The normalized spacial score (nSPS) is 11.8. The number of nitrogens with zero attached hydrogens (tertiary/aromatic N) is 3. The molecule has 0 aliphatic heterocycles. The number of amidine groups is 1. The zero-order chi connectivity index (χ0) is 8.97. The summed E-state index contributed by atoms with van der Waals surface area (Å²) in [5.74, 6) is 0. The Bertz CT molecular complexity index is 256. The van der Waals surface area contributed by atoms with Crippen LogP contribution in [0.15, 0.2) is 16.6 Å². The molecule has 0 saturated carbocycles. The first-order chi connectivity index (χ1) is 5.79. The molecule has 0 N–H and O–H groups in total. The minimum atomic E-state index is 0.977. The molecule has 0 aromatic carbocycles. The Labute approximate surface area is 80.5 Å². The second-order valence-electron chi connectivity index (χ2n) is 2.08. The van der Waals surface area contributed by atoms with E-state index in [0.717, 1.165) is 10.3 Å². The topological polar surface area (TPSA) is 28.5 Å². The number of hydrogen-bond donors (Lipinski definition) is 0. The van der Waals surface area contributed by atoms with E-state index in [1.165, 1.54) is 0 Å². The molecule has 0 bridgehead atoms. The van der Waals surface area contributed by atoms with Crippen molar-refractivity contribution in [2.75, 3.05) is 25.3 Å². The summed E-state index contributed by atoms with van der Waals surface area (Å²) < 4.78 is 0. The van der Waals surface area contributed by atoms with Gasteiger partial charge >= 0.3 is 0 Å². The highest BCUT2D eigenvalue weighted by Crippen LogP contribution is 2.18. The van der Waals surface area contributed by atoms with Gasteiger partial charge in [0, 0.05) is 25.7 Å². The molecule has 0 unspecified atom stereocenters. The molecular formula is C7H11N3S2. The van der Waals surface area contributed by atoms with Crippen molar-refractivity contribution in [1.29, 1.82) is 0 Å². The molecule has 3 nitrogen and oxygen atoms in total. The third-order valence-electron chi connectivity index (χ3n) is 1.37. The van der Waals surface area contributed by atoms with Crippen LogP contribution in [0.3, 0.4) is 0 Å². The molecular weight excluding hydrogens is 190 g/mol. The summed E-state index contributed by atoms with van der Waals surface area (Å²) in [6.45, 7) is 0. The van der Waals surface area contributed by atoms with E-state index in [1.54, 1.807) is 36.3 Å². The first-order valence-corrected chi connectivity index (χ1v) is 5.54. The largest absolute Gasteiger partial charge is 0.300 e. The standard InChI is InChI=1S/C7H11N3S2/c1-8-6(11-3)10(2)7-9-4-5-12-7/h4-5H,1-3H3. The molecule has 0 aliphatic rings. The number of aliphatic imine (C=N–C) groups is 1. The lowest BCUT2D eigenvalue weighted by molar-refractivity contribution is 1.22. The van der Waals surface area contributed by atoms with Crippen molar-refractivity contribution < 1.29 is 0 Å². The second-order valence-corrected chi connectivity index (χ2v) is 3.73. The maximum absolute atomic E-state index is 4.18. The summed E-state index contributed by atoms with van der Waals surface area (Å²) in [6, 6.07) is 0. The zero-order valence-electron chi connectivity index (χ0n) is 7.31. The second kappa shape index (κ2) is 4.47. The molecule has 1 aromatic heterocycles. The van der Waals surface area contributed by atoms with Gasteiger partial charge in [0.15, 0.2) is 10.3 Å². The van der Waals surface area contributed by atoms with E-state index in [2.05, 4.69) is 9.98 Å². The van der Waals surface area contributed by atoms with Gasteiger partial charge in [-0.3, -0.25) is 4.99 Å². The minimum Gasteiger partial charge on any atom is -0.300 e. The van der Waals surface area contributed by atoms with Gasteiger partial charge in [-0.05, 0) is 6.26 Å². The lowest BCUT2D eigenvalue weighted by atomic mass is 10.8. The molecule has 0 radical (unpaired) electrons. The van der Waals surface area contributed by atoms with Gasteiger partial charge in [0.25, 0.3) is 0 Å². The van der Waals surface area contributed by atoms with Crippen molar-refractivity contribution >= 4 is 33.4 Å². The van der Waals surface area contributed by atoms with Crippen LogP contribution in [-0.2, 0) is 0 Å². The molecule has 0 saturated heterocycles. The molecule has 0 fully saturated rings. The maximum atomic E-state index is 4.18. The third-order valence-corrected chi connectivity index (χ3v) is 3.04. The smallest absolute Gasteiger partial charge is 0.191 e. The van der Waals surface area contributed by atoms with Crippen LogP contribution in [0.5, 0.6) is 0 Å². The third kappa shape index (κ3) is 1.98. The Morgan fingerprint density at radius 3 is 2.92 bits per heavy atom. The Morgan fingerprint density at radius 2 is 2.50 bits per heavy atom. The number of hydrogen-bond acceptors (Lipinski definition) is 4. The number of aromatic nitrogens is 1. The Hall–Kier alpha value is -0.550. The van der Waals surface area contributed by atoms with Crippen molar-refractivity contribution in [2.24, 2.45) is 4.99 Å². The van der Waals surface area contributed by atoms with Crippen LogP contribution in [-0.4, -0.2) is 30.5 Å². The predicted molar refractivity (Wildman–Crippen MR) is 57.4 cm³/mol.